The van der Waals surface area contributed by atoms with Crippen molar-refractivity contribution >= 4 is 11.6 Å². The number of furan rings is 1. The molecule has 5 heteroatoms. The van der Waals surface area contributed by atoms with Crippen molar-refractivity contribution < 1.29 is 9.21 Å². The largest absolute Gasteiger partial charge is 0.449 e. The topological polar surface area (TPSA) is 78.1 Å². The maximum absolute atomic E-state index is 11.8. The number of rotatable bonds is 5. The summed E-state index contributed by atoms with van der Waals surface area (Å²) >= 11 is 0. The molecule has 1 heterocycles. The van der Waals surface area contributed by atoms with Crippen molar-refractivity contribution in [2.45, 2.75) is 26.4 Å². The third-order valence-electron chi connectivity index (χ3n) is 2.81. The third-order valence-corrected chi connectivity index (χ3v) is 2.81. The Kier molecular flexibility index (Phi) is 4.62. The second kappa shape index (κ2) is 6.62. The van der Waals surface area contributed by atoms with Crippen LogP contribution < -0.4 is 10.6 Å². The molecule has 21 heavy (non-hydrogen) atoms. The molecule has 5 nitrogen and oxygen atoms in total. The van der Waals surface area contributed by atoms with Gasteiger partial charge in [0, 0.05) is 17.3 Å². The molecular formula is C16H17N3O2. The Morgan fingerprint density at radius 1 is 1.24 bits per heavy atom. The van der Waals surface area contributed by atoms with Crippen LogP contribution >= 0.6 is 0 Å². The summed E-state index contributed by atoms with van der Waals surface area (Å²) in [5, 5.41) is 14.7. The van der Waals surface area contributed by atoms with Crippen LogP contribution in [-0.2, 0) is 6.54 Å². The number of nitrogens with zero attached hydrogens (tertiary/aromatic N) is 1. The molecule has 0 radical (unpaired) electrons. The van der Waals surface area contributed by atoms with Gasteiger partial charge in [0.05, 0.1) is 6.54 Å². The molecule has 1 aromatic heterocycles. The van der Waals surface area contributed by atoms with Crippen LogP contribution in [0.4, 0.5) is 5.69 Å². The van der Waals surface area contributed by atoms with Crippen LogP contribution in [0.15, 0.2) is 40.8 Å². The predicted molar refractivity (Wildman–Crippen MR) is 79.8 cm³/mol. The van der Waals surface area contributed by atoms with Crippen molar-refractivity contribution in [3.05, 3.63) is 53.5 Å². The van der Waals surface area contributed by atoms with Gasteiger partial charge in [0.25, 0.3) is 5.91 Å². The fourth-order valence-corrected chi connectivity index (χ4v) is 1.81. The summed E-state index contributed by atoms with van der Waals surface area (Å²) in [5.41, 5.74) is 1.50. The van der Waals surface area contributed by atoms with Crippen LogP contribution in [0.2, 0.25) is 0 Å². The van der Waals surface area contributed by atoms with Gasteiger partial charge >= 0.3 is 0 Å². The molecule has 0 bridgehead atoms. The molecule has 0 unspecified atom stereocenters. The van der Waals surface area contributed by atoms with E-state index in [-0.39, 0.29) is 11.9 Å². The smallest absolute Gasteiger partial charge is 0.251 e. The zero-order chi connectivity index (χ0) is 15.2. The lowest BCUT2D eigenvalue weighted by atomic mass is 10.2. The standard InChI is InChI=1S/C16H17N3O2/c1-11(2)19-16(20)12-3-5-13(6-4-12)18-10-15-8-7-14(9-17)21-15/h3-8,11,18H,10H2,1-2H3,(H,19,20). The molecule has 108 valence electrons. The van der Waals surface area contributed by atoms with Gasteiger partial charge in [-0.1, -0.05) is 0 Å². The molecule has 0 aliphatic carbocycles. The number of hydrogen-bond acceptors (Lipinski definition) is 4. The first kappa shape index (κ1) is 14.7. The van der Waals surface area contributed by atoms with Gasteiger partial charge in [0.15, 0.2) is 0 Å². The van der Waals surface area contributed by atoms with Crippen LogP contribution in [0.25, 0.3) is 0 Å². The Morgan fingerprint density at radius 3 is 2.52 bits per heavy atom. The van der Waals surface area contributed by atoms with Crippen molar-refractivity contribution in [3.63, 3.8) is 0 Å². The molecule has 0 saturated heterocycles. The monoisotopic (exact) mass is 283 g/mol. The van der Waals surface area contributed by atoms with Crippen molar-refractivity contribution in [2.75, 3.05) is 5.32 Å². The number of hydrogen-bond donors (Lipinski definition) is 2. The van der Waals surface area contributed by atoms with Gasteiger partial charge < -0.3 is 15.1 Å². The molecule has 0 aliphatic rings. The Morgan fingerprint density at radius 2 is 1.95 bits per heavy atom. The van der Waals surface area contributed by atoms with E-state index < -0.39 is 0 Å². The summed E-state index contributed by atoms with van der Waals surface area (Å²) in [4.78, 5) is 11.8. The number of nitrogens with one attached hydrogen (secondary N) is 2. The first-order valence-electron chi connectivity index (χ1n) is 6.72. The molecule has 0 aliphatic heterocycles. The van der Waals surface area contributed by atoms with Crippen molar-refractivity contribution in [3.8, 4) is 6.07 Å². The van der Waals surface area contributed by atoms with Gasteiger partial charge in [-0.2, -0.15) is 5.26 Å². The summed E-state index contributed by atoms with van der Waals surface area (Å²) < 4.78 is 5.27. The van der Waals surface area contributed by atoms with E-state index in [0.29, 0.717) is 23.6 Å². The second-order valence-corrected chi connectivity index (χ2v) is 4.94. The fraction of sp³-hybridized carbons (Fsp3) is 0.250. The van der Waals surface area contributed by atoms with Crippen LogP contribution in [0.3, 0.4) is 0 Å². The Bertz CT molecular complexity index is 651. The molecule has 2 aromatic rings. The van der Waals surface area contributed by atoms with E-state index in [4.69, 9.17) is 9.68 Å². The summed E-state index contributed by atoms with van der Waals surface area (Å²) in [7, 11) is 0. The lowest BCUT2D eigenvalue weighted by molar-refractivity contribution is 0.0943. The molecule has 0 saturated carbocycles. The maximum atomic E-state index is 11.8. The maximum Gasteiger partial charge on any atom is 0.251 e. The Balaban J connectivity index is 1.93. The highest BCUT2D eigenvalue weighted by Gasteiger charge is 2.06. The van der Waals surface area contributed by atoms with Crippen LogP contribution in [0, 0.1) is 11.3 Å². The summed E-state index contributed by atoms with van der Waals surface area (Å²) in [6.45, 7) is 4.33. The van der Waals surface area contributed by atoms with Crippen molar-refractivity contribution in [1.29, 1.82) is 5.26 Å². The number of nitriles is 1. The minimum atomic E-state index is -0.0822. The van der Waals surface area contributed by atoms with Gasteiger partial charge in [-0.05, 0) is 50.2 Å². The number of carbonyl (C=O) groups excluding carboxylic acids is 1. The van der Waals surface area contributed by atoms with Crippen LogP contribution in [-0.4, -0.2) is 11.9 Å². The third kappa shape index (κ3) is 4.11. The second-order valence-electron chi connectivity index (χ2n) is 4.94. The highest BCUT2D eigenvalue weighted by atomic mass is 16.3. The van der Waals surface area contributed by atoms with Crippen LogP contribution in [0.5, 0.6) is 0 Å². The van der Waals surface area contributed by atoms with E-state index in [9.17, 15) is 4.79 Å². The normalized spacial score (nSPS) is 10.2. The molecular weight excluding hydrogens is 266 g/mol. The molecule has 1 aromatic carbocycles. The Labute approximate surface area is 123 Å². The Hall–Kier alpha value is -2.74. The highest BCUT2D eigenvalue weighted by molar-refractivity contribution is 5.94. The van der Waals surface area contributed by atoms with E-state index in [0.717, 1.165) is 5.69 Å². The average molecular weight is 283 g/mol. The zero-order valence-electron chi connectivity index (χ0n) is 12.0. The summed E-state index contributed by atoms with van der Waals surface area (Å²) in [6.07, 6.45) is 0. The first-order valence-corrected chi connectivity index (χ1v) is 6.72. The van der Waals surface area contributed by atoms with Crippen molar-refractivity contribution in [2.24, 2.45) is 0 Å². The van der Waals surface area contributed by atoms with Gasteiger partial charge in [0.1, 0.15) is 11.8 Å². The quantitative estimate of drug-likeness (QED) is 0.884. The molecule has 0 spiro atoms. The number of amides is 1. The molecule has 1 amide bonds. The number of benzene rings is 1. The number of anilines is 1. The lowest BCUT2D eigenvalue weighted by Crippen LogP contribution is -2.29. The van der Waals surface area contributed by atoms with E-state index in [1.807, 2.05) is 32.0 Å². The lowest BCUT2D eigenvalue weighted by Gasteiger charge is -2.09. The summed E-state index contributed by atoms with van der Waals surface area (Å²) in [5.74, 6) is 0.905. The van der Waals surface area contributed by atoms with E-state index in [2.05, 4.69) is 10.6 Å². The van der Waals surface area contributed by atoms with Gasteiger partial charge in [-0.25, -0.2) is 0 Å². The fourth-order valence-electron chi connectivity index (χ4n) is 1.81. The van der Waals surface area contributed by atoms with Gasteiger partial charge in [-0.3, -0.25) is 4.79 Å². The minimum absolute atomic E-state index is 0.0822. The zero-order valence-corrected chi connectivity index (χ0v) is 12.0. The number of carbonyl (C=O) groups is 1. The molecule has 2 N–H and O–H groups in total. The average Bonchev–Trinajstić information content (AvgIpc) is 2.93. The SMILES string of the molecule is CC(C)NC(=O)c1ccc(NCc2ccc(C#N)o2)cc1. The van der Waals surface area contributed by atoms with E-state index in [1.54, 1.807) is 24.3 Å². The molecule has 0 atom stereocenters. The van der Waals surface area contributed by atoms with Gasteiger partial charge in [-0.15, -0.1) is 0 Å². The van der Waals surface area contributed by atoms with Gasteiger partial charge in [0.2, 0.25) is 5.76 Å². The highest BCUT2D eigenvalue weighted by Crippen LogP contribution is 2.13. The predicted octanol–water partition coefficient (Wildman–Crippen LogP) is 2.90. The van der Waals surface area contributed by atoms with Crippen LogP contribution in [0.1, 0.15) is 35.7 Å². The first-order chi connectivity index (χ1) is 10.1. The van der Waals surface area contributed by atoms with Crippen molar-refractivity contribution in [1.82, 2.24) is 5.32 Å². The van der Waals surface area contributed by atoms with E-state index >= 15 is 0 Å². The summed E-state index contributed by atoms with van der Waals surface area (Å²) in [6, 6.07) is 12.7. The minimum Gasteiger partial charge on any atom is -0.449 e. The van der Waals surface area contributed by atoms with E-state index in [1.165, 1.54) is 0 Å². The molecule has 2 rings (SSSR count). The molecule has 0 fully saturated rings.